The lowest BCUT2D eigenvalue weighted by Gasteiger charge is -2.06. The van der Waals surface area contributed by atoms with E-state index in [0.29, 0.717) is 0 Å². The topological polar surface area (TPSA) is 37.3 Å². The van der Waals surface area contributed by atoms with E-state index in [0.717, 1.165) is 0 Å². The second-order valence-corrected chi connectivity index (χ2v) is 8.43. The minimum absolute atomic E-state index is 0.157. The summed E-state index contributed by atoms with van der Waals surface area (Å²) < 4.78 is 0. The van der Waals surface area contributed by atoms with Gasteiger partial charge in [0.15, 0.2) is 0 Å². The first kappa shape index (κ1) is 9.43. The number of aliphatic carboxylic acids is 1. The van der Waals surface area contributed by atoms with Crippen LogP contribution >= 0.6 is 0 Å². The Bertz CT molecular complexity index is 144. The molecule has 0 fully saturated rings. The van der Waals surface area contributed by atoms with Crippen LogP contribution in [0.5, 0.6) is 0 Å². The Hall–Kier alpha value is -0.573. The first-order valence-electron chi connectivity index (χ1n) is 3.31. The summed E-state index contributed by atoms with van der Waals surface area (Å²) in [6.07, 6.45) is 1.90. The van der Waals surface area contributed by atoms with Gasteiger partial charge in [-0.25, -0.2) is 0 Å². The van der Waals surface area contributed by atoms with Crippen LogP contribution in [0.4, 0.5) is 0 Å². The molecular weight excluding hydrogens is 144 g/mol. The van der Waals surface area contributed by atoms with Gasteiger partial charge >= 0.3 is 5.97 Å². The van der Waals surface area contributed by atoms with Crippen molar-refractivity contribution in [3.63, 3.8) is 0 Å². The van der Waals surface area contributed by atoms with Crippen molar-refractivity contribution in [3.8, 4) is 0 Å². The van der Waals surface area contributed by atoms with Crippen LogP contribution in [0.15, 0.2) is 11.8 Å². The number of rotatable bonds is 3. The standard InChI is InChI=1S/C7H14O2Si/c1-10(2,3)6-4-5-7(8)9/h4,6H,5H2,1-3H3,(H,8,9)/b6-4+. The van der Waals surface area contributed by atoms with Crippen LogP contribution in [0.3, 0.4) is 0 Å². The fourth-order valence-electron chi connectivity index (χ4n) is 0.513. The fraction of sp³-hybridized carbons (Fsp3) is 0.571. The first-order chi connectivity index (χ1) is 4.42. The lowest BCUT2D eigenvalue weighted by atomic mass is 10.4. The maximum atomic E-state index is 10.0. The molecule has 10 heavy (non-hydrogen) atoms. The van der Waals surface area contributed by atoms with Crippen molar-refractivity contribution in [3.05, 3.63) is 11.8 Å². The summed E-state index contributed by atoms with van der Waals surface area (Å²) in [6.45, 7) is 6.52. The maximum Gasteiger partial charge on any atom is 0.307 e. The zero-order valence-electron chi connectivity index (χ0n) is 6.72. The third-order valence-corrected chi connectivity index (χ3v) is 2.15. The van der Waals surface area contributed by atoms with Gasteiger partial charge < -0.3 is 5.11 Å². The molecule has 0 amide bonds. The molecule has 3 heteroatoms. The van der Waals surface area contributed by atoms with E-state index in [2.05, 4.69) is 19.6 Å². The van der Waals surface area contributed by atoms with Crippen LogP contribution in [0.2, 0.25) is 19.6 Å². The van der Waals surface area contributed by atoms with Gasteiger partial charge in [-0.15, -0.1) is 0 Å². The largest absolute Gasteiger partial charge is 0.481 e. The predicted molar refractivity (Wildman–Crippen MR) is 44.7 cm³/mol. The summed E-state index contributed by atoms with van der Waals surface area (Å²) in [5.41, 5.74) is 2.04. The molecule has 0 heterocycles. The van der Waals surface area contributed by atoms with Crippen molar-refractivity contribution in [2.75, 3.05) is 0 Å². The Kier molecular flexibility index (Phi) is 3.36. The molecule has 0 spiro atoms. The molecule has 0 aliphatic carbocycles. The molecule has 0 saturated carbocycles. The smallest absolute Gasteiger partial charge is 0.307 e. The number of hydrogen-bond donors (Lipinski definition) is 1. The quantitative estimate of drug-likeness (QED) is 0.637. The van der Waals surface area contributed by atoms with E-state index in [4.69, 9.17) is 5.11 Å². The lowest BCUT2D eigenvalue weighted by molar-refractivity contribution is -0.135. The van der Waals surface area contributed by atoms with Crippen molar-refractivity contribution in [2.24, 2.45) is 0 Å². The molecule has 0 aromatic heterocycles. The molecule has 0 unspecified atom stereocenters. The van der Waals surface area contributed by atoms with E-state index in [9.17, 15) is 4.79 Å². The average molecular weight is 158 g/mol. The summed E-state index contributed by atoms with van der Waals surface area (Å²) in [5.74, 6) is -0.755. The van der Waals surface area contributed by atoms with Gasteiger partial charge in [0.2, 0.25) is 0 Å². The zero-order valence-corrected chi connectivity index (χ0v) is 7.72. The highest BCUT2D eigenvalue weighted by molar-refractivity contribution is 6.80. The van der Waals surface area contributed by atoms with Gasteiger partial charge in [0.25, 0.3) is 0 Å². The number of carboxylic acids is 1. The first-order valence-corrected chi connectivity index (χ1v) is 6.89. The van der Waals surface area contributed by atoms with E-state index >= 15 is 0 Å². The van der Waals surface area contributed by atoms with E-state index in [-0.39, 0.29) is 6.42 Å². The zero-order chi connectivity index (χ0) is 8.20. The van der Waals surface area contributed by atoms with E-state index < -0.39 is 14.0 Å². The average Bonchev–Trinajstić information content (AvgIpc) is 1.59. The van der Waals surface area contributed by atoms with E-state index in [1.807, 2.05) is 5.70 Å². The summed E-state index contributed by atoms with van der Waals surface area (Å²) in [7, 11) is -1.17. The van der Waals surface area contributed by atoms with Crippen LogP contribution in [-0.2, 0) is 4.79 Å². The molecule has 1 N–H and O–H groups in total. The van der Waals surface area contributed by atoms with Crippen LogP contribution in [-0.4, -0.2) is 19.1 Å². The summed E-state index contributed by atoms with van der Waals surface area (Å²) >= 11 is 0. The third kappa shape index (κ3) is 7.43. The molecule has 0 atom stereocenters. The molecule has 0 aromatic rings. The molecule has 58 valence electrons. The molecule has 0 aliphatic heterocycles. The van der Waals surface area contributed by atoms with Gasteiger partial charge in [0, 0.05) is 0 Å². The summed E-state index contributed by atoms with van der Waals surface area (Å²) in [6, 6.07) is 0. The fourth-order valence-corrected chi connectivity index (χ4v) is 1.34. The minimum atomic E-state index is -1.17. The monoisotopic (exact) mass is 158 g/mol. The van der Waals surface area contributed by atoms with E-state index in [1.54, 1.807) is 6.08 Å². The highest BCUT2D eigenvalue weighted by Crippen LogP contribution is 2.02. The lowest BCUT2D eigenvalue weighted by Crippen LogP contribution is -2.15. The maximum absolute atomic E-state index is 10.0. The van der Waals surface area contributed by atoms with Crippen molar-refractivity contribution < 1.29 is 9.90 Å². The second-order valence-electron chi connectivity index (χ2n) is 3.37. The summed E-state index contributed by atoms with van der Waals surface area (Å²) in [4.78, 5) is 10.0. The van der Waals surface area contributed by atoms with Crippen LogP contribution in [0.1, 0.15) is 6.42 Å². The highest BCUT2D eigenvalue weighted by atomic mass is 28.3. The Morgan fingerprint density at radius 1 is 1.50 bits per heavy atom. The molecule has 0 aromatic carbocycles. The van der Waals surface area contributed by atoms with E-state index in [1.165, 1.54) is 0 Å². The Balaban J connectivity index is 3.67. The summed E-state index contributed by atoms with van der Waals surface area (Å²) in [5, 5.41) is 8.27. The molecular formula is C7H14O2Si. The van der Waals surface area contributed by atoms with Crippen LogP contribution in [0, 0.1) is 0 Å². The number of hydrogen-bond acceptors (Lipinski definition) is 1. The van der Waals surface area contributed by atoms with Crippen LogP contribution in [0.25, 0.3) is 0 Å². The van der Waals surface area contributed by atoms with Gasteiger partial charge in [-0.1, -0.05) is 31.4 Å². The minimum Gasteiger partial charge on any atom is -0.481 e. The molecule has 2 nitrogen and oxygen atoms in total. The molecule has 0 bridgehead atoms. The van der Waals surface area contributed by atoms with Crippen molar-refractivity contribution >= 4 is 14.0 Å². The molecule has 0 radical (unpaired) electrons. The predicted octanol–water partition coefficient (Wildman–Crippen LogP) is 1.89. The Morgan fingerprint density at radius 3 is 2.30 bits per heavy atom. The number of carbonyl (C=O) groups is 1. The van der Waals surface area contributed by atoms with Gasteiger partial charge in [-0.05, 0) is 0 Å². The van der Waals surface area contributed by atoms with Gasteiger partial charge in [0.1, 0.15) is 0 Å². The van der Waals surface area contributed by atoms with Gasteiger partial charge in [-0.3, -0.25) is 4.79 Å². The van der Waals surface area contributed by atoms with Crippen LogP contribution < -0.4 is 0 Å². The SMILES string of the molecule is C[Si](C)(C)/C=C/CC(=O)O. The van der Waals surface area contributed by atoms with Crippen molar-refractivity contribution in [2.45, 2.75) is 26.1 Å². The molecule has 0 rings (SSSR count). The van der Waals surface area contributed by atoms with Crippen molar-refractivity contribution in [1.29, 1.82) is 0 Å². The second kappa shape index (κ2) is 3.56. The normalized spacial score (nSPS) is 12.3. The van der Waals surface area contributed by atoms with Crippen molar-refractivity contribution in [1.82, 2.24) is 0 Å². The van der Waals surface area contributed by atoms with Gasteiger partial charge in [0.05, 0.1) is 14.5 Å². The number of carboxylic acid groups (broad SMARTS) is 1. The Labute approximate surface area is 62.6 Å². The highest BCUT2D eigenvalue weighted by Gasteiger charge is 2.06. The molecule has 0 saturated heterocycles. The molecule has 0 aliphatic rings. The van der Waals surface area contributed by atoms with Gasteiger partial charge in [-0.2, -0.15) is 0 Å². The third-order valence-electron chi connectivity index (χ3n) is 0.910. The Morgan fingerprint density at radius 2 is 2.00 bits per heavy atom.